The van der Waals surface area contributed by atoms with Gasteiger partial charge in [-0.2, -0.15) is 0 Å². The molecule has 1 heterocycles. The number of methoxy groups -OCH3 is 1. The number of carbonyl (C=O) groups excluding carboxylic acids is 2. The predicted molar refractivity (Wildman–Crippen MR) is 110 cm³/mol. The normalized spacial score (nSPS) is 14.2. The number of ether oxygens (including phenoxy) is 1. The van der Waals surface area contributed by atoms with Gasteiger partial charge in [0.25, 0.3) is 5.91 Å². The molecule has 0 unspecified atom stereocenters. The van der Waals surface area contributed by atoms with E-state index in [1.54, 1.807) is 0 Å². The van der Waals surface area contributed by atoms with E-state index >= 15 is 0 Å². The van der Waals surface area contributed by atoms with Crippen molar-refractivity contribution in [1.29, 1.82) is 0 Å². The van der Waals surface area contributed by atoms with Crippen LogP contribution in [-0.2, 0) is 21.4 Å². The molecule has 2 N–H and O–H groups in total. The third-order valence-corrected chi connectivity index (χ3v) is 5.54. The van der Waals surface area contributed by atoms with Crippen molar-refractivity contribution >= 4 is 11.9 Å². The van der Waals surface area contributed by atoms with Gasteiger partial charge in [-0.25, -0.2) is 0 Å². The van der Waals surface area contributed by atoms with Gasteiger partial charge in [0.15, 0.2) is 0 Å². The number of hydrogen-bond donors (Lipinski definition) is 1. The maximum atomic E-state index is 12.4. The minimum Gasteiger partial charge on any atom is -0.469 e. The first-order valence-electron chi connectivity index (χ1n) is 9.86. The summed E-state index contributed by atoms with van der Waals surface area (Å²) in [4.78, 5) is 24.1. The number of amides is 1. The number of nitrogens with zero attached hydrogens (tertiary/aromatic N) is 1. The fourth-order valence-corrected chi connectivity index (χ4v) is 3.91. The zero-order chi connectivity index (χ0) is 20.6. The summed E-state index contributed by atoms with van der Waals surface area (Å²) < 4.78 is 7.05. The number of primary amides is 1. The minimum absolute atomic E-state index is 0.0502. The Morgan fingerprint density at radius 2 is 1.79 bits per heavy atom. The maximum absolute atomic E-state index is 12.4. The molecule has 1 aromatic carbocycles. The lowest BCUT2D eigenvalue weighted by atomic mass is 9.86. The molecule has 2 aromatic rings. The number of benzene rings is 1. The van der Waals surface area contributed by atoms with Crippen LogP contribution in [-0.4, -0.2) is 23.6 Å². The predicted octanol–water partition coefficient (Wildman–Crippen LogP) is 4.30. The molecule has 0 aliphatic heterocycles. The molecule has 1 aromatic heterocycles. The fraction of sp³-hybridized carbons (Fsp3) is 0.478. The van der Waals surface area contributed by atoms with Gasteiger partial charge < -0.3 is 15.0 Å². The van der Waals surface area contributed by atoms with Crippen LogP contribution in [0.5, 0.6) is 0 Å². The van der Waals surface area contributed by atoms with Crippen molar-refractivity contribution in [3.63, 3.8) is 0 Å². The van der Waals surface area contributed by atoms with Gasteiger partial charge in [-0.3, -0.25) is 9.59 Å². The fourth-order valence-electron chi connectivity index (χ4n) is 3.91. The molecule has 1 aliphatic rings. The van der Waals surface area contributed by atoms with Crippen molar-refractivity contribution in [1.82, 2.24) is 4.57 Å². The molecule has 0 radical (unpaired) electrons. The van der Waals surface area contributed by atoms with E-state index in [9.17, 15) is 9.59 Å². The molecule has 1 aliphatic carbocycles. The summed E-state index contributed by atoms with van der Waals surface area (Å²) in [6, 6.07) is 8.71. The molecule has 5 heteroatoms. The summed E-state index contributed by atoms with van der Waals surface area (Å²) in [7, 11) is 1.40. The Bertz CT molecular complexity index is 897. The van der Waals surface area contributed by atoms with E-state index < -0.39 is 5.91 Å². The average Bonchev–Trinajstić information content (AvgIpc) is 3.42. The highest BCUT2D eigenvalue weighted by Crippen LogP contribution is 2.43. The first-order valence-corrected chi connectivity index (χ1v) is 9.86. The number of esters is 1. The van der Waals surface area contributed by atoms with E-state index in [1.807, 2.05) is 6.92 Å². The SMILES string of the molecule is COC(=O)CCc1c(-c2ccc(C(C)(C)C)cc2)c(C(N)=O)c(C)n1C1CC1. The number of rotatable bonds is 6. The van der Waals surface area contributed by atoms with Crippen LogP contribution < -0.4 is 5.73 Å². The van der Waals surface area contributed by atoms with Gasteiger partial charge in [-0.15, -0.1) is 0 Å². The van der Waals surface area contributed by atoms with Crippen molar-refractivity contribution < 1.29 is 14.3 Å². The smallest absolute Gasteiger partial charge is 0.305 e. The summed E-state index contributed by atoms with van der Waals surface area (Å²) in [5.41, 5.74) is 11.4. The topological polar surface area (TPSA) is 74.3 Å². The highest BCUT2D eigenvalue weighted by atomic mass is 16.5. The van der Waals surface area contributed by atoms with Crippen molar-refractivity contribution in [3.8, 4) is 11.1 Å². The molecule has 1 saturated carbocycles. The van der Waals surface area contributed by atoms with Crippen molar-refractivity contribution in [2.45, 2.75) is 64.8 Å². The molecule has 150 valence electrons. The Hall–Kier alpha value is -2.56. The van der Waals surface area contributed by atoms with E-state index in [4.69, 9.17) is 10.5 Å². The molecule has 0 bridgehead atoms. The molecule has 5 nitrogen and oxygen atoms in total. The second kappa shape index (κ2) is 7.46. The Labute approximate surface area is 166 Å². The minimum atomic E-state index is -0.425. The van der Waals surface area contributed by atoms with Gasteiger partial charge in [-0.1, -0.05) is 45.0 Å². The molecule has 1 fully saturated rings. The quantitative estimate of drug-likeness (QED) is 0.757. The van der Waals surface area contributed by atoms with Crippen LogP contribution >= 0.6 is 0 Å². The standard InChI is InChI=1S/C23H30N2O3/c1-14-20(22(24)27)21(15-6-8-16(9-7-15)23(2,3)4)18(12-13-19(26)28-5)25(14)17-10-11-17/h6-9,17H,10-13H2,1-5H3,(H2,24,27). The van der Waals surface area contributed by atoms with Crippen LogP contribution in [0.15, 0.2) is 24.3 Å². The Balaban J connectivity index is 2.15. The van der Waals surface area contributed by atoms with Crippen molar-refractivity contribution in [3.05, 3.63) is 46.8 Å². The van der Waals surface area contributed by atoms with Crippen molar-refractivity contribution in [2.75, 3.05) is 7.11 Å². The number of nitrogens with two attached hydrogens (primary N) is 1. The van der Waals surface area contributed by atoms with Crippen LogP contribution in [0.4, 0.5) is 0 Å². The van der Waals surface area contributed by atoms with Gasteiger partial charge in [0.1, 0.15) is 0 Å². The molecule has 0 spiro atoms. The molecule has 1 amide bonds. The van der Waals surface area contributed by atoms with Crippen LogP contribution in [0.25, 0.3) is 11.1 Å². The maximum Gasteiger partial charge on any atom is 0.305 e. The lowest BCUT2D eigenvalue weighted by molar-refractivity contribution is -0.140. The van der Waals surface area contributed by atoms with Gasteiger partial charge in [0.2, 0.25) is 0 Å². The summed E-state index contributed by atoms with van der Waals surface area (Å²) in [6.45, 7) is 8.47. The third kappa shape index (κ3) is 3.84. The van der Waals surface area contributed by atoms with E-state index in [-0.39, 0.29) is 17.8 Å². The average molecular weight is 383 g/mol. The zero-order valence-electron chi connectivity index (χ0n) is 17.5. The number of aromatic nitrogens is 1. The third-order valence-electron chi connectivity index (χ3n) is 5.54. The van der Waals surface area contributed by atoms with Crippen LogP contribution in [0.3, 0.4) is 0 Å². The first-order chi connectivity index (χ1) is 13.1. The lowest BCUT2D eigenvalue weighted by Crippen LogP contribution is -2.13. The van der Waals surface area contributed by atoms with Crippen molar-refractivity contribution in [2.24, 2.45) is 5.73 Å². The van der Waals surface area contributed by atoms with Gasteiger partial charge in [0.05, 0.1) is 19.1 Å². The first kappa shape index (κ1) is 20.2. The summed E-state index contributed by atoms with van der Waals surface area (Å²) in [5.74, 6) is -0.679. The second-order valence-corrected chi connectivity index (χ2v) is 8.65. The molecular formula is C23H30N2O3. The van der Waals surface area contributed by atoms with Gasteiger partial charge in [0, 0.05) is 23.0 Å². The van der Waals surface area contributed by atoms with Crippen LogP contribution in [0.1, 0.15) is 73.4 Å². The monoisotopic (exact) mass is 382 g/mol. The Morgan fingerprint density at radius 1 is 1.18 bits per heavy atom. The molecule has 0 saturated heterocycles. The van der Waals surface area contributed by atoms with E-state index in [1.165, 1.54) is 12.7 Å². The Kier molecular flexibility index (Phi) is 5.37. The largest absolute Gasteiger partial charge is 0.469 e. The molecule has 0 atom stereocenters. The highest BCUT2D eigenvalue weighted by molar-refractivity contribution is 6.02. The highest BCUT2D eigenvalue weighted by Gasteiger charge is 2.33. The summed E-state index contributed by atoms with van der Waals surface area (Å²) in [5, 5.41) is 0. The Morgan fingerprint density at radius 3 is 2.25 bits per heavy atom. The number of hydrogen-bond acceptors (Lipinski definition) is 3. The zero-order valence-corrected chi connectivity index (χ0v) is 17.5. The summed E-state index contributed by atoms with van der Waals surface area (Å²) in [6.07, 6.45) is 2.97. The van der Waals surface area contributed by atoms with E-state index in [2.05, 4.69) is 49.6 Å². The van der Waals surface area contributed by atoms with E-state index in [0.717, 1.165) is 35.4 Å². The second-order valence-electron chi connectivity index (χ2n) is 8.65. The van der Waals surface area contributed by atoms with E-state index in [0.29, 0.717) is 18.0 Å². The van der Waals surface area contributed by atoms with Crippen LogP contribution in [0.2, 0.25) is 0 Å². The van der Waals surface area contributed by atoms with Gasteiger partial charge in [-0.05, 0) is 42.7 Å². The molecule has 3 rings (SSSR count). The molecule has 28 heavy (non-hydrogen) atoms. The molecular weight excluding hydrogens is 352 g/mol. The summed E-state index contributed by atoms with van der Waals surface area (Å²) >= 11 is 0. The van der Waals surface area contributed by atoms with Gasteiger partial charge >= 0.3 is 5.97 Å². The lowest BCUT2D eigenvalue weighted by Gasteiger charge is -2.19. The number of carbonyl (C=O) groups is 2. The van der Waals surface area contributed by atoms with Crippen LogP contribution in [0, 0.1) is 6.92 Å².